The van der Waals surface area contributed by atoms with Crippen LogP contribution >= 0.6 is 0 Å². The molecular weight excluding hydrogens is 234 g/mol. The van der Waals surface area contributed by atoms with Crippen molar-refractivity contribution in [3.8, 4) is 11.5 Å². The molecule has 5 nitrogen and oxygen atoms in total. The van der Waals surface area contributed by atoms with E-state index in [1.165, 1.54) is 13.2 Å². The van der Waals surface area contributed by atoms with Crippen LogP contribution in [0.5, 0.6) is 11.5 Å². The second-order valence-corrected chi connectivity index (χ2v) is 3.79. The van der Waals surface area contributed by atoms with Gasteiger partial charge in [-0.15, -0.1) is 0 Å². The molecule has 0 aliphatic rings. The Bertz CT molecular complexity index is 468. The van der Waals surface area contributed by atoms with Crippen LogP contribution in [0.2, 0.25) is 0 Å². The average molecular weight is 251 g/mol. The van der Waals surface area contributed by atoms with Gasteiger partial charge in [0.2, 0.25) is 0 Å². The van der Waals surface area contributed by atoms with Crippen LogP contribution in [0.25, 0.3) is 0 Å². The largest absolute Gasteiger partial charge is 0.493 e. The first-order valence-corrected chi connectivity index (χ1v) is 5.38. The van der Waals surface area contributed by atoms with Gasteiger partial charge in [-0.2, -0.15) is 0 Å². The number of benzene rings is 1. The molecule has 0 aliphatic carbocycles. The van der Waals surface area contributed by atoms with Crippen molar-refractivity contribution in [1.29, 1.82) is 0 Å². The Morgan fingerprint density at radius 2 is 1.89 bits per heavy atom. The van der Waals surface area contributed by atoms with Gasteiger partial charge in [-0.05, 0) is 30.2 Å². The summed E-state index contributed by atoms with van der Waals surface area (Å²) >= 11 is 0. The maximum atomic E-state index is 10.5. The molecule has 0 radical (unpaired) electrons. The molecule has 1 aromatic carbocycles. The zero-order valence-corrected chi connectivity index (χ0v) is 10.6. The number of nitrogens with two attached hydrogens (primary N) is 1. The third-order valence-electron chi connectivity index (χ3n) is 2.58. The smallest absolute Gasteiger partial charge is 0.328 e. The number of methoxy groups -OCH3 is 2. The maximum Gasteiger partial charge on any atom is 0.328 e. The zero-order valence-electron chi connectivity index (χ0n) is 10.6. The predicted molar refractivity (Wildman–Crippen MR) is 68.0 cm³/mol. The highest BCUT2D eigenvalue weighted by Gasteiger charge is 2.12. The van der Waals surface area contributed by atoms with E-state index in [0.717, 1.165) is 17.2 Å². The molecule has 1 rings (SSSR count). The number of aryl methyl sites for hydroxylation is 1. The lowest BCUT2D eigenvalue weighted by atomic mass is 10.0. The van der Waals surface area contributed by atoms with Crippen LogP contribution in [-0.4, -0.2) is 25.3 Å². The highest BCUT2D eigenvalue weighted by molar-refractivity contribution is 5.79. The molecule has 0 bridgehead atoms. The molecule has 0 saturated carbocycles. The molecule has 1 aromatic rings. The van der Waals surface area contributed by atoms with Gasteiger partial charge in [0.1, 0.15) is 0 Å². The average Bonchev–Trinajstić information content (AvgIpc) is 2.35. The van der Waals surface area contributed by atoms with E-state index in [1.54, 1.807) is 13.2 Å². The number of aliphatic carboxylic acids is 1. The van der Waals surface area contributed by atoms with Crippen LogP contribution in [-0.2, 0) is 4.79 Å². The monoisotopic (exact) mass is 251 g/mol. The molecule has 18 heavy (non-hydrogen) atoms. The van der Waals surface area contributed by atoms with Gasteiger partial charge in [0.25, 0.3) is 0 Å². The standard InChI is InChI=1S/C13H17NO4/c1-8-6-11(17-2)12(18-3)7-9(8)10(14)4-5-13(15)16/h4-7,10H,14H2,1-3H3,(H,15,16)/b5-4+. The lowest BCUT2D eigenvalue weighted by Gasteiger charge is -2.15. The highest BCUT2D eigenvalue weighted by atomic mass is 16.5. The van der Waals surface area contributed by atoms with E-state index in [1.807, 2.05) is 13.0 Å². The lowest BCUT2D eigenvalue weighted by Crippen LogP contribution is -2.10. The third-order valence-corrected chi connectivity index (χ3v) is 2.58. The number of carbonyl (C=O) groups is 1. The summed E-state index contributed by atoms with van der Waals surface area (Å²) in [7, 11) is 3.09. The molecule has 0 aromatic heterocycles. The second kappa shape index (κ2) is 6.07. The molecule has 0 saturated heterocycles. The van der Waals surface area contributed by atoms with Crippen LogP contribution in [0.4, 0.5) is 0 Å². The molecule has 0 heterocycles. The molecule has 98 valence electrons. The summed E-state index contributed by atoms with van der Waals surface area (Å²) in [5, 5.41) is 8.57. The van der Waals surface area contributed by atoms with Crippen molar-refractivity contribution in [3.63, 3.8) is 0 Å². The summed E-state index contributed by atoms with van der Waals surface area (Å²) in [5.41, 5.74) is 7.62. The highest BCUT2D eigenvalue weighted by Crippen LogP contribution is 2.32. The summed E-state index contributed by atoms with van der Waals surface area (Å²) in [6.07, 6.45) is 2.46. The van der Waals surface area contributed by atoms with Crippen molar-refractivity contribution in [2.24, 2.45) is 5.73 Å². The second-order valence-electron chi connectivity index (χ2n) is 3.79. The SMILES string of the molecule is COc1cc(C)c(C(N)/C=C/C(=O)O)cc1OC. The van der Waals surface area contributed by atoms with Crippen molar-refractivity contribution >= 4 is 5.97 Å². The van der Waals surface area contributed by atoms with Gasteiger partial charge >= 0.3 is 5.97 Å². The van der Waals surface area contributed by atoms with Crippen molar-refractivity contribution in [2.75, 3.05) is 14.2 Å². The van der Waals surface area contributed by atoms with Crippen molar-refractivity contribution in [3.05, 3.63) is 35.4 Å². The van der Waals surface area contributed by atoms with Gasteiger partial charge in [-0.1, -0.05) is 6.08 Å². The minimum absolute atomic E-state index is 0.499. The van der Waals surface area contributed by atoms with E-state index in [-0.39, 0.29) is 0 Å². The molecule has 0 amide bonds. The third kappa shape index (κ3) is 3.24. The minimum Gasteiger partial charge on any atom is -0.493 e. The number of hydrogen-bond acceptors (Lipinski definition) is 4. The van der Waals surface area contributed by atoms with Crippen molar-refractivity contribution in [2.45, 2.75) is 13.0 Å². The van der Waals surface area contributed by atoms with Gasteiger partial charge in [0.05, 0.1) is 14.2 Å². The molecular formula is C13H17NO4. The Morgan fingerprint density at radius 3 is 2.39 bits per heavy atom. The number of carboxylic acid groups (broad SMARTS) is 1. The van der Waals surface area contributed by atoms with E-state index < -0.39 is 12.0 Å². The van der Waals surface area contributed by atoms with Gasteiger partial charge in [0, 0.05) is 12.1 Å². The summed E-state index contributed by atoms with van der Waals surface area (Å²) in [6.45, 7) is 1.88. The Morgan fingerprint density at radius 1 is 1.33 bits per heavy atom. The first kappa shape index (κ1) is 14.1. The van der Waals surface area contributed by atoms with E-state index in [4.69, 9.17) is 20.3 Å². The van der Waals surface area contributed by atoms with Crippen LogP contribution < -0.4 is 15.2 Å². The lowest BCUT2D eigenvalue weighted by molar-refractivity contribution is -0.131. The van der Waals surface area contributed by atoms with Gasteiger partial charge < -0.3 is 20.3 Å². The molecule has 1 unspecified atom stereocenters. The molecule has 0 aliphatic heterocycles. The first-order chi connectivity index (χ1) is 8.49. The Hall–Kier alpha value is -2.01. The summed E-state index contributed by atoms with van der Waals surface area (Å²) in [5.74, 6) is 0.161. The van der Waals surface area contributed by atoms with Gasteiger partial charge in [-0.3, -0.25) is 0 Å². The quantitative estimate of drug-likeness (QED) is 0.778. The van der Waals surface area contributed by atoms with Crippen LogP contribution in [0, 0.1) is 6.92 Å². The van der Waals surface area contributed by atoms with Crippen LogP contribution in [0.3, 0.4) is 0 Å². The molecule has 1 atom stereocenters. The fourth-order valence-corrected chi connectivity index (χ4v) is 1.65. The summed E-state index contributed by atoms with van der Waals surface area (Å²) in [4.78, 5) is 10.5. The predicted octanol–water partition coefficient (Wildman–Crippen LogP) is 1.65. The van der Waals surface area contributed by atoms with Crippen LogP contribution in [0.1, 0.15) is 17.2 Å². The van der Waals surface area contributed by atoms with E-state index >= 15 is 0 Å². The Labute approximate surface area is 106 Å². The zero-order chi connectivity index (χ0) is 13.7. The van der Waals surface area contributed by atoms with Crippen molar-refractivity contribution < 1.29 is 19.4 Å². The number of carboxylic acids is 1. The van der Waals surface area contributed by atoms with Gasteiger partial charge in [-0.25, -0.2) is 4.79 Å². The maximum absolute atomic E-state index is 10.5. The number of hydrogen-bond donors (Lipinski definition) is 2. The van der Waals surface area contributed by atoms with E-state index in [0.29, 0.717) is 11.5 Å². The summed E-state index contributed by atoms with van der Waals surface area (Å²) < 4.78 is 10.4. The van der Waals surface area contributed by atoms with Crippen molar-refractivity contribution in [1.82, 2.24) is 0 Å². The first-order valence-electron chi connectivity index (χ1n) is 5.38. The Kier molecular flexibility index (Phi) is 4.74. The fourth-order valence-electron chi connectivity index (χ4n) is 1.65. The minimum atomic E-state index is -1.02. The molecule has 0 fully saturated rings. The Balaban J connectivity index is 3.12. The van der Waals surface area contributed by atoms with E-state index in [9.17, 15) is 4.79 Å². The van der Waals surface area contributed by atoms with Crippen LogP contribution in [0.15, 0.2) is 24.3 Å². The molecule has 0 spiro atoms. The van der Waals surface area contributed by atoms with E-state index in [2.05, 4.69) is 0 Å². The number of rotatable bonds is 5. The molecule has 3 N–H and O–H groups in total. The number of ether oxygens (including phenoxy) is 2. The molecule has 5 heteroatoms. The normalized spacial score (nSPS) is 12.4. The topological polar surface area (TPSA) is 81.8 Å². The fraction of sp³-hybridized carbons (Fsp3) is 0.308. The summed E-state index contributed by atoms with van der Waals surface area (Å²) in [6, 6.07) is 3.06. The van der Waals surface area contributed by atoms with Gasteiger partial charge in [0.15, 0.2) is 11.5 Å².